The van der Waals surface area contributed by atoms with Crippen molar-refractivity contribution in [2.75, 3.05) is 6.54 Å². The van der Waals surface area contributed by atoms with Crippen molar-refractivity contribution in [3.8, 4) is 0 Å². The Morgan fingerprint density at radius 3 is 2.36 bits per heavy atom. The van der Waals surface area contributed by atoms with Crippen molar-refractivity contribution in [2.24, 2.45) is 0 Å². The molecule has 0 aliphatic carbocycles. The topological polar surface area (TPSA) is 66.4 Å². The maximum Gasteiger partial charge on any atom is 0.241 e. The summed E-state index contributed by atoms with van der Waals surface area (Å²) in [5.74, 6) is -0.412. The fourth-order valence-corrected chi connectivity index (χ4v) is 4.78. The summed E-state index contributed by atoms with van der Waals surface area (Å²) in [4.78, 5) is 1.83. The van der Waals surface area contributed by atoms with Crippen LogP contribution in [-0.2, 0) is 15.6 Å². The van der Waals surface area contributed by atoms with Gasteiger partial charge in [0.2, 0.25) is 10.0 Å². The van der Waals surface area contributed by atoms with E-state index in [-0.39, 0.29) is 11.4 Å². The van der Waals surface area contributed by atoms with Crippen molar-refractivity contribution in [3.05, 3.63) is 51.5 Å². The number of nitrogens with one attached hydrogen (secondary N) is 1. The number of benzene rings is 1. The van der Waals surface area contributed by atoms with Gasteiger partial charge in [-0.1, -0.05) is 12.1 Å². The van der Waals surface area contributed by atoms with Crippen LogP contribution in [0.2, 0.25) is 0 Å². The van der Waals surface area contributed by atoms with Crippen LogP contribution < -0.4 is 4.72 Å². The van der Waals surface area contributed by atoms with E-state index in [1.54, 1.807) is 13.0 Å². The third-order valence-corrected chi connectivity index (χ3v) is 5.98. The van der Waals surface area contributed by atoms with Gasteiger partial charge in [0.15, 0.2) is 0 Å². The smallest absolute Gasteiger partial charge is 0.241 e. The Hall–Kier alpha value is -1.28. The fourth-order valence-electron chi connectivity index (χ4n) is 2.10. The molecule has 120 valence electrons. The first-order valence-corrected chi connectivity index (χ1v) is 8.97. The van der Waals surface area contributed by atoms with Gasteiger partial charge in [-0.15, -0.1) is 11.3 Å². The molecule has 1 unspecified atom stereocenters. The number of rotatable bonds is 5. The van der Waals surface area contributed by atoms with Gasteiger partial charge in [0.05, 0.1) is 4.90 Å². The van der Waals surface area contributed by atoms with E-state index in [0.717, 1.165) is 4.88 Å². The molecule has 1 heterocycles. The fraction of sp³-hybridized carbons (Fsp3) is 0.333. The highest BCUT2D eigenvalue weighted by Crippen LogP contribution is 2.26. The number of hydrogen-bond acceptors (Lipinski definition) is 4. The zero-order chi connectivity index (χ0) is 16.5. The molecule has 2 aromatic rings. The molecule has 0 spiro atoms. The normalized spacial score (nSPS) is 14.8. The summed E-state index contributed by atoms with van der Waals surface area (Å²) in [5, 5.41) is 10.4. The van der Waals surface area contributed by atoms with Crippen LogP contribution in [0, 0.1) is 19.7 Å². The predicted octanol–water partition coefficient (Wildman–Crippen LogP) is 2.69. The highest BCUT2D eigenvalue weighted by atomic mass is 32.2. The van der Waals surface area contributed by atoms with E-state index in [1.165, 1.54) is 42.5 Å². The third-order valence-electron chi connectivity index (χ3n) is 3.36. The number of thiophene rings is 1. The molecular formula is C15H18FNO3S2. The average Bonchev–Trinajstić information content (AvgIpc) is 2.77. The van der Waals surface area contributed by atoms with Crippen molar-refractivity contribution in [1.82, 2.24) is 4.72 Å². The highest BCUT2D eigenvalue weighted by Gasteiger charge is 2.27. The Kier molecular flexibility index (Phi) is 4.72. The van der Waals surface area contributed by atoms with Crippen LogP contribution in [0.1, 0.15) is 22.2 Å². The second kappa shape index (κ2) is 6.08. The van der Waals surface area contributed by atoms with E-state index in [2.05, 4.69) is 4.72 Å². The minimum Gasteiger partial charge on any atom is -0.384 e. The molecule has 4 nitrogen and oxygen atoms in total. The number of halogens is 1. The number of hydrogen-bond donors (Lipinski definition) is 2. The van der Waals surface area contributed by atoms with Crippen LogP contribution in [0.3, 0.4) is 0 Å². The van der Waals surface area contributed by atoms with Gasteiger partial charge in [0.1, 0.15) is 11.4 Å². The van der Waals surface area contributed by atoms with Gasteiger partial charge in [0.25, 0.3) is 0 Å². The van der Waals surface area contributed by atoms with Gasteiger partial charge >= 0.3 is 0 Å². The van der Waals surface area contributed by atoms with Gasteiger partial charge < -0.3 is 5.11 Å². The molecule has 0 bridgehead atoms. The van der Waals surface area contributed by atoms with Crippen molar-refractivity contribution in [2.45, 2.75) is 31.3 Å². The Bertz CT molecular complexity index is 765. The van der Waals surface area contributed by atoms with Crippen LogP contribution in [0.5, 0.6) is 0 Å². The Labute approximate surface area is 133 Å². The Balaban J connectivity index is 2.17. The molecular weight excluding hydrogens is 325 g/mol. The lowest BCUT2D eigenvalue weighted by molar-refractivity contribution is 0.0627. The van der Waals surface area contributed by atoms with E-state index in [1.807, 2.05) is 6.92 Å². The van der Waals surface area contributed by atoms with Crippen molar-refractivity contribution >= 4 is 21.4 Å². The second-order valence-corrected chi connectivity index (χ2v) is 8.58. The van der Waals surface area contributed by atoms with Gasteiger partial charge in [-0.25, -0.2) is 17.5 Å². The molecule has 2 rings (SSSR count). The predicted molar refractivity (Wildman–Crippen MR) is 85.0 cm³/mol. The van der Waals surface area contributed by atoms with Crippen molar-refractivity contribution < 1.29 is 17.9 Å². The standard InChI is InChI=1S/C15H18FNO3S2/c1-10-8-14(11(2)21-10)22(19,20)17-9-15(3,18)12-4-6-13(16)7-5-12/h4-8,17-18H,9H2,1-3H3. The third kappa shape index (κ3) is 3.73. The maximum absolute atomic E-state index is 12.9. The molecule has 22 heavy (non-hydrogen) atoms. The lowest BCUT2D eigenvalue weighted by Crippen LogP contribution is -2.38. The minimum absolute atomic E-state index is 0.199. The minimum atomic E-state index is -3.69. The van der Waals surface area contributed by atoms with Crippen molar-refractivity contribution in [1.29, 1.82) is 0 Å². The molecule has 0 radical (unpaired) electrons. The summed E-state index contributed by atoms with van der Waals surface area (Å²) < 4.78 is 40.0. The molecule has 0 amide bonds. The number of sulfonamides is 1. The number of aliphatic hydroxyl groups is 1. The second-order valence-electron chi connectivity index (χ2n) is 5.38. The number of aryl methyl sites for hydroxylation is 2. The largest absolute Gasteiger partial charge is 0.384 e. The quantitative estimate of drug-likeness (QED) is 0.877. The summed E-state index contributed by atoms with van der Waals surface area (Å²) in [5.41, 5.74) is -0.991. The molecule has 1 aromatic carbocycles. The van der Waals surface area contributed by atoms with Gasteiger partial charge in [-0.2, -0.15) is 0 Å². The first-order valence-electron chi connectivity index (χ1n) is 6.67. The van der Waals surface area contributed by atoms with Gasteiger partial charge in [-0.05, 0) is 44.5 Å². The van der Waals surface area contributed by atoms with E-state index in [4.69, 9.17) is 0 Å². The van der Waals surface area contributed by atoms with Crippen LogP contribution >= 0.6 is 11.3 Å². The summed E-state index contributed by atoms with van der Waals surface area (Å²) >= 11 is 1.40. The Morgan fingerprint density at radius 2 is 1.86 bits per heavy atom. The van der Waals surface area contributed by atoms with Crippen molar-refractivity contribution in [3.63, 3.8) is 0 Å². The monoisotopic (exact) mass is 343 g/mol. The van der Waals surface area contributed by atoms with E-state index >= 15 is 0 Å². The van der Waals surface area contributed by atoms with Crippen LogP contribution in [0.4, 0.5) is 4.39 Å². The molecule has 0 saturated heterocycles. The zero-order valence-electron chi connectivity index (χ0n) is 12.6. The maximum atomic E-state index is 12.9. The molecule has 0 saturated carbocycles. The summed E-state index contributed by atoms with van der Waals surface area (Å²) in [7, 11) is -3.69. The molecule has 0 fully saturated rings. The zero-order valence-corrected chi connectivity index (χ0v) is 14.2. The van der Waals surface area contributed by atoms with Gasteiger partial charge in [0, 0.05) is 16.3 Å². The Morgan fingerprint density at radius 1 is 1.27 bits per heavy atom. The van der Waals surface area contributed by atoms with Crippen LogP contribution in [0.25, 0.3) is 0 Å². The lowest BCUT2D eigenvalue weighted by atomic mass is 9.96. The van der Waals surface area contributed by atoms with E-state index < -0.39 is 21.4 Å². The molecule has 1 aromatic heterocycles. The summed E-state index contributed by atoms with van der Waals surface area (Å²) in [6, 6.07) is 6.93. The molecule has 0 aliphatic heterocycles. The summed E-state index contributed by atoms with van der Waals surface area (Å²) in [6.45, 7) is 4.86. The van der Waals surface area contributed by atoms with E-state index in [9.17, 15) is 17.9 Å². The first kappa shape index (κ1) is 17.1. The molecule has 2 N–H and O–H groups in total. The highest BCUT2D eigenvalue weighted by molar-refractivity contribution is 7.89. The lowest BCUT2D eigenvalue weighted by Gasteiger charge is -2.24. The summed E-state index contributed by atoms with van der Waals surface area (Å²) in [6.07, 6.45) is 0. The first-order chi connectivity index (χ1) is 10.1. The van der Waals surface area contributed by atoms with Crippen LogP contribution in [0.15, 0.2) is 35.2 Å². The molecule has 7 heteroatoms. The average molecular weight is 343 g/mol. The van der Waals surface area contributed by atoms with Gasteiger partial charge in [-0.3, -0.25) is 0 Å². The van der Waals surface area contributed by atoms with Crippen LogP contribution in [-0.4, -0.2) is 20.1 Å². The van der Waals surface area contributed by atoms with E-state index in [0.29, 0.717) is 10.4 Å². The SMILES string of the molecule is Cc1cc(S(=O)(=O)NCC(C)(O)c2ccc(F)cc2)c(C)s1. The molecule has 1 atom stereocenters. The molecule has 0 aliphatic rings.